The minimum absolute atomic E-state index is 0.0136. The zero-order chi connectivity index (χ0) is 18.0. The highest BCUT2D eigenvalue weighted by Crippen LogP contribution is 2.35. The fraction of sp³-hybridized carbons (Fsp3) is 0.211. The Morgan fingerprint density at radius 1 is 1.08 bits per heavy atom. The number of rotatable bonds is 1. The standard InChI is InChI=1S/C19H15N3O4/c20-17-15-11(18(24)21-19(15)25)8-14(23)22(17)12-6-3-5-10-9-4-1-2-7-13(9)26-16(10)12/h3,5-6,8H,1-2,4,7,20H2,(H,21,24,25). The van der Waals surface area contributed by atoms with Crippen LogP contribution in [0.3, 0.4) is 0 Å². The van der Waals surface area contributed by atoms with E-state index in [1.165, 1.54) is 10.1 Å². The number of hydrogen-bond donors (Lipinski definition) is 2. The normalized spacial score (nSPS) is 15.8. The van der Waals surface area contributed by atoms with Crippen LogP contribution in [0.5, 0.6) is 0 Å². The van der Waals surface area contributed by atoms with Gasteiger partial charge in [-0.15, -0.1) is 0 Å². The summed E-state index contributed by atoms with van der Waals surface area (Å²) in [5, 5.41) is 3.13. The molecule has 1 aliphatic carbocycles. The fourth-order valence-corrected chi connectivity index (χ4v) is 3.97. The van der Waals surface area contributed by atoms with Gasteiger partial charge in [0.05, 0.1) is 16.8 Å². The van der Waals surface area contributed by atoms with E-state index in [1.807, 2.05) is 12.1 Å². The van der Waals surface area contributed by atoms with Gasteiger partial charge < -0.3 is 10.2 Å². The Morgan fingerprint density at radius 2 is 1.88 bits per heavy atom. The van der Waals surface area contributed by atoms with Crippen molar-refractivity contribution in [3.63, 3.8) is 0 Å². The number of aryl methyl sites for hydroxylation is 2. The first kappa shape index (κ1) is 14.9. The number of pyridine rings is 1. The number of benzene rings is 1. The molecule has 0 radical (unpaired) electrons. The average molecular weight is 349 g/mol. The lowest BCUT2D eigenvalue weighted by atomic mass is 9.96. The number of para-hydroxylation sites is 1. The van der Waals surface area contributed by atoms with Crippen molar-refractivity contribution in [3.05, 3.63) is 57.1 Å². The number of aromatic nitrogens is 1. The lowest BCUT2D eigenvalue weighted by Gasteiger charge is -2.12. The van der Waals surface area contributed by atoms with Gasteiger partial charge in [-0.3, -0.25) is 24.3 Å². The number of nitrogens with two attached hydrogens (primary N) is 1. The summed E-state index contributed by atoms with van der Waals surface area (Å²) in [6.45, 7) is 0. The van der Waals surface area contributed by atoms with E-state index in [2.05, 4.69) is 5.32 Å². The summed E-state index contributed by atoms with van der Waals surface area (Å²) in [6, 6.07) is 6.69. The van der Waals surface area contributed by atoms with Gasteiger partial charge in [0.2, 0.25) is 0 Å². The molecule has 0 unspecified atom stereocenters. The first-order chi connectivity index (χ1) is 12.6. The lowest BCUT2D eigenvalue weighted by Crippen LogP contribution is -2.24. The third kappa shape index (κ3) is 1.85. The number of carbonyl (C=O) groups is 2. The second-order valence-electron chi connectivity index (χ2n) is 6.64. The SMILES string of the molecule is Nc1c2c(cc(=O)n1-c1cccc3c4c(oc13)CCCC4)C(=O)NC2=O. The van der Waals surface area contributed by atoms with Crippen LogP contribution in [0.2, 0.25) is 0 Å². The van der Waals surface area contributed by atoms with E-state index in [0.29, 0.717) is 11.3 Å². The van der Waals surface area contributed by atoms with E-state index in [0.717, 1.165) is 42.9 Å². The van der Waals surface area contributed by atoms with Gasteiger partial charge in [-0.1, -0.05) is 12.1 Å². The van der Waals surface area contributed by atoms with Crippen LogP contribution in [-0.4, -0.2) is 16.4 Å². The Balaban J connectivity index is 1.84. The number of furan rings is 1. The Morgan fingerprint density at radius 3 is 2.73 bits per heavy atom. The molecule has 7 heteroatoms. The molecule has 3 aromatic rings. The smallest absolute Gasteiger partial charge is 0.262 e. The number of amides is 2. The maximum absolute atomic E-state index is 12.7. The minimum atomic E-state index is -0.604. The van der Waals surface area contributed by atoms with Gasteiger partial charge in [0.15, 0.2) is 5.58 Å². The third-order valence-corrected chi connectivity index (χ3v) is 5.16. The maximum Gasteiger partial charge on any atom is 0.262 e. The minimum Gasteiger partial charge on any atom is -0.459 e. The van der Waals surface area contributed by atoms with Gasteiger partial charge in [-0.2, -0.15) is 0 Å². The predicted molar refractivity (Wildman–Crippen MR) is 94.7 cm³/mol. The van der Waals surface area contributed by atoms with Crippen molar-refractivity contribution in [2.24, 2.45) is 0 Å². The van der Waals surface area contributed by atoms with E-state index < -0.39 is 17.4 Å². The highest BCUT2D eigenvalue weighted by molar-refractivity contribution is 6.23. The molecule has 7 nitrogen and oxygen atoms in total. The second kappa shape index (κ2) is 5.08. The van der Waals surface area contributed by atoms with Gasteiger partial charge in [0.1, 0.15) is 11.6 Å². The molecule has 0 fully saturated rings. The molecule has 5 rings (SSSR count). The monoisotopic (exact) mass is 349 g/mol. The Labute approximate surface area is 147 Å². The van der Waals surface area contributed by atoms with Crippen LogP contribution in [-0.2, 0) is 12.8 Å². The molecule has 2 aromatic heterocycles. The van der Waals surface area contributed by atoms with Crippen LogP contribution in [0.15, 0.2) is 33.5 Å². The van der Waals surface area contributed by atoms with Crippen LogP contribution >= 0.6 is 0 Å². The summed E-state index contributed by atoms with van der Waals surface area (Å²) in [7, 11) is 0. The molecule has 3 N–H and O–H groups in total. The summed E-state index contributed by atoms with van der Waals surface area (Å²) in [4.78, 5) is 36.6. The lowest BCUT2D eigenvalue weighted by molar-refractivity contribution is 0.0880. The molecule has 26 heavy (non-hydrogen) atoms. The molecule has 3 heterocycles. The summed E-state index contributed by atoms with van der Waals surface area (Å²) in [6.07, 6.45) is 3.99. The highest BCUT2D eigenvalue weighted by Gasteiger charge is 2.32. The number of hydrogen-bond acceptors (Lipinski definition) is 5. The van der Waals surface area contributed by atoms with Crippen molar-refractivity contribution in [2.45, 2.75) is 25.7 Å². The van der Waals surface area contributed by atoms with Crippen molar-refractivity contribution in [1.82, 2.24) is 9.88 Å². The van der Waals surface area contributed by atoms with Crippen molar-refractivity contribution in [2.75, 3.05) is 5.73 Å². The highest BCUT2D eigenvalue weighted by atomic mass is 16.3. The number of carbonyl (C=O) groups excluding carboxylic acids is 2. The molecule has 0 atom stereocenters. The molecule has 2 amide bonds. The summed E-state index contributed by atoms with van der Waals surface area (Å²) >= 11 is 0. The molecule has 0 spiro atoms. The Bertz CT molecular complexity index is 1190. The average Bonchev–Trinajstić information content (AvgIpc) is 3.13. The van der Waals surface area contributed by atoms with Crippen LogP contribution < -0.4 is 16.6 Å². The zero-order valence-corrected chi connectivity index (χ0v) is 13.8. The van der Waals surface area contributed by atoms with Crippen LogP contribution in [0.1, 0.15) is 44.9 Å². The molecule has 0 saturated carbocycles. The van der Waals surface area contributed by atoms with Crippen LogP contribution in [0.25, 0.3) is 16.7 Å². The van der Waals surface area contributed by atoms with Crippen molar-refractivity contribution in [1.29, 1.82) is 0 Å². The Hall–Kier alpha value is -3.35. The van der Waals surface area contributed by atoms with Crippen molar-refractivity contribution in [3.8, 4) is 5.69 Å². The number of nitrogens with zero attached hydrogens (tertiary/aromatic N) is 1. The van der Waals surface area contributed by atoms with Gasteiger partial charge in [-0.25, -0.2) is 0 Å². The van der Waals surface area contributed by atoms with E-state index in [9.17, 15) is 14.4 Å². The van der Waals surface area contributed by atoms with E-state index in [1.54, 1.807) is 6.07 Å². The molecule has 0 saturated heterocycles. The molecular formula is C19H15N3O4. The van der Waals surface area contributed by atoms with Crippen LogP contribution in [0.4, 0.5) is 5.82 Å². The zero-order valence-electron chi connectivity index (χ0n) is 13.8. The fourth-order valence-electron chi connectivity index (χ4n) is 3.97. The van der Waals surface area contributed by atoms with E-state index >= 15 is 0 Å². The molecule has 1 aromatic carbocycles. The number of imide groups is 1. The number of fused-ring (bicyclic) bond motifs is 4. The predicted octanol–water partition coefficient (Wildman–Crippen LogP) is 1.93. The number of nitrogen functional groups attached to an aromatic ring is 1. The first-order valence-electron chi connectivity index (χ1n) is 8.51. The van der Waals surface area contributed by atoms with E-state index in [4.69, 9.17) is 10.2 Å². The molecule has 1 aliphatic heterocycles. The van der Waals surface area contributed by atoms with Gasteiger partial charge in [-0.05, 0) is 25.3 Å². The van der Waals surface area contributed by atoms with Crippen molar-refractivity contribution < 1.29 is 14.0 Å². The number of nitrogens with one attached hydrogen (secondary N) is 1. The quantitative estimate of drug-likeness (QED) is 0.653. The number of anilines is 1. The molecular weight excluding hydrogens is 334 g/mol. The van der Waals surface area contributed by atoms with Gasteiger partial charge >= 0.3 is 0 Å². The molecule has 130 valence electrons. The van der Waals surface area contributed by atoms with Gasteiger partial charge in [0, 0.05) is 23.4 Å². The molecule has 0 bridgehead atoms. The van der Waals surface area contributed by atoms with Crippen LogP contribution in [0, 0.1) is 0 Å². The second-order valence-corrected chi connectivity index (χ2v) is 6.64. The molecule has 2 aliphatic rings. The first-order valence-corrected chi connectivity index (χ1v) is 8.51. The van der Waals surface area contributed by atoms with E-state index in [-0.39, 0.29) is 16.9 Å². The van der Waals surface area contributed by atoms with Crippen molar-refractivity contribution >= 4 is 28.6 Å². The summed E-state index contributed by atoms with van der Waals surface area (Å²) < 4.78 is 7.31. The summed E-state index contributed by atoms with van der Waals surface area (Å²) in [5.41, 5.74) is 7.94. The topological polar surface area (TPSA) is 107 Å². The third-order valence-electron chi connectivity index (χ3n) is 5.16. The largest absolute Gasteiger partial charge is 0.459 e. The maximum atomic E-state index is 12.7. The summed E-state index contributed by atoms with van der Waals surface area (Å²) in [5.74, 6) is -0.313. The van der Waals surface area contributed by atoms with Gasteiger partial charge in [0.25, 0.3) is 17.4 Å². The Kier molecular flexibility index (Phi) is 2.92.